The van der Waals surface area contributed by atoms with Gasteiger partial charge in [-0.1, -0.05) is 35.7 Å². The third kappa shape index (κ3) is 3.89. The summed E-state index contributed by atoms with van der Waals surface area (Å²) in [6.45, 7) is 1.90. The van der Waals surface area contributed by atoms with Crippen LogP contribution in [0.2, 0.25) is 10.0 Å². The van der Waals surface area contributed by atoms with E-state index in [1.54, 1.807) is 6.07 Å². The Kier molecular flexibility index (Phi) is 5.12. The van der Waals surface area contributed by atoms with Gasteiger partial charge in [0.05, 0.1) is 6.54 Å². The molecule has 0 unspecified atom stereocenters. The monoisotopic (exact) mass is 328 g/mol. The van der Waals surface area contributed by atoms with E-state index in [0.717, 1.165) is 24.8 Å². The van der Waals surface area contributed by atoms with Crippen LogP contribution < -0.4 is 10.6 Å². The average molecular weight is 329 g/mol. The summed E-state index contributed by atoms with van der Waals surface area (Å²) in [6.07, 6.45) is 3.07. The van der Waals surface area contributed by atoms with E-state index in [4.69, 9.17) is 23.2 Å². The van der Waals surface area contributed by atoms with Crippen LogP contribution in [-0.2, 0) is 15.0 Å². The molecule has 21 heavy (non-hydrogen) atoms. The van der Waals surface area contributed by atoms with Crippen molar-refractivity contribution in [2.24, 2.45) is 0 Å². The van der Waals surface area contributed by atoms with E-state index in [1.165, 1.54) is 6.92 Å². The molecule has 1 aromatic carbocycles. The van der Waals surface area contributed by atoms with Gasteiger partial charge in [-0.05, 0) is 30.5 Å². The van der Waals surface area contributed by atoms with Gasteiger partial charge in [0.1, 0.15) is 0 Å². The molecular formula is C15H18Cl2N2O2. The molecule has 0 atom stereocenters. The van der Waals surface area contributed by atoms with Crippen LogP contribution in [0.4, 0.5) is 0 Å². The zero-order chi connectivity index (χ0) is 15.5. The van der Waals surface area contributed by atoms with Crippen molar-refractivity contribution in [1.82, 2.24) is 10.6 Å². The Morgan fingerprint density at radius 2 is 1.95 bits per heavy atom. The quantitative estimate of drug-likeness (QED) is 0.873. The molecule has 0 heterocycles. The lowest BCUT2D eigenvalue weighted by Gasteiger charge is -2.43. The van der Waals surface area contributed by atoms with Gasteiger partial charge >= 0.3 is 0 Å². The van der Waals surface area contributed by atoms with Crippen molar-refractivity contribution in [3.8, 4) is 0 Å². The fraction of sp³-hybridized carbons (Fsp3) is 0.467. The third-order valence-electron chi connectivity index (χ3n) is 3.93. The molecule has 2 rings (SSSR count). The largest absolute Gasteiger partial charge is 0.354 e. The maximum absolute atomic E-state index is 11.7. The van der Waals surface area contributed by atoms with Crippen molar-refractivity contribution in [2.45, 2.75) is 31.6 Å². The van der Waals surface area contributed by atoms with Crippen LogP contribution in [-0.4, -0.2) is 24.9 Å². The van der Waals surface area contributed by atoms with E-state index in [-0.39, 0.29) is 23.8 Å². The van der Waals surface area contributed by atoms with Crippen LogP contribution in [0.3, 0.4) is 0 Å². The molecule has 2 N–H and O–H groups in total. The summed E-state index contributed by atoms with van der Waals surface area (Å²) >= 11 is 12.2. The fourth-order valence-electron chi connectivity index (χ4n) is 2.60. The summed E-state index contributed by atoms with van der Waals surface area (Å²) in [5.41, 5.74) is 0.910. The van der Waals surface area contributed by atoms with Gasteiger partial charge in [-0.25, -0.2) is 0 Å². The number of amides is 2. The third-order valence-corrected chi connectivity index (χ3v) is 4.48. The Hall–Kier alpha value is -1.26. The van der Waals surface area contributed by atoms with E-state index >= 15 is 0 Å². The van der Waals surface area contributed by atoms with Gasteiger partial charge in [0.25, 0.3) is 0 Å². The molecule has 0 aromatic heterocycles. The second kappa shape index (κ2) is 6.67. The molecule has 1 aromatic rings. The first-order valence-electron chi connectivity index (χ1n) is 6.90. The second-order valence-electron chi connectivity index (χ2n) is 5.44. The molecule has 6 heteroatoms. The number of benzene rings is 1. The molecule has 2 amide bonds. The van der Waals surface area contributed by atoms with Crippen molar-refractivity contribution in [3.63, 3.8) is 0 Å². The minimum atomic E-state index is -0.218. The number of nitrogens with one attached hydrogen (secondary N) is 2. The average Bonchev–Trinajstić information content (AvgIpc) is 2.37. The van der Waals surface area contributed by atoms with E-state index in [2.05, 4.69) is 10.6 Å². The zero-order valence-electron chi connectivity index (χ0n) is 11.8. The lowest BCUT2D eigenvalue weighted by Crippen LogP contribution is -2.47. The molecule has 1 aliphatic rings. The fourth-order valence-corrected chi connectivity index (χ4v) is 3.21. The molecule has 0 saturated heterocycles. The summed E-state index contributed by atoms with van der Waals surface area (Å²) in [5.74, 6) is -0.411. The summed E-state index contributed by atoms with van der Waals surface area (Å²) in [4.78, 5) is 22.5. The predicted molar refractivity (Wildman–Crippen MR) is 83.7 cm³/mol. The van der Waals surface area contributed by atoms with Crippen LogP contribution >= 0.6 is 23.2 Å². The van der Waals surface area contributed by atoms with Crippen LogP contribution in [0.5, 0.6) is 0 Å². The maximum atomic E-state index is 11.7. The molecule has 0 radical (unpaired) electrons. The summed E-state index contributed by atoms with van der Waals surface area (Å²) < 4.78 is 0. The summed E-state index contributed by atoms with van der Waals surface area (Å²) in [6, 6.07) is 5.49. The number of carbonyl (C=O) groups is 2. The minimum absolute atomic E-state index is 0.000235. The van der Waals surface area contributed by atoms with Crippen LogP contribution in [0.15, 0.2) is 18.2 Å². The molecule has 0 spiro atoms. The van der Waals surface area contributed by atoms with E-state index < -0.39 is 0 Å². The number of rotatable bonds is 5. The van der Waals surface area contributed by atoms with Crippen molar-refractivity contribution in [2.75, 3.05) is 13.1 Å². The lowest BCUT2D eigenvalue weighted by atomic mass is 9.64. The van der Waals surface area contributed by atoms with Crippen LogP contribution in [0.1, 0.15) is 31.7 Å². The first-order valence-corrected chi connectivity index (χ1v) is 7.65. The highest BCUT2D eigenvalue weighted by Crippen LogP contribution is 2.46. The minimum Gasteiger partial charge on any atom is -0.354 e. The van der Waals surface area contributed by atoms with Crippen molar-refractivity contribution in [3.05, 3.63) is 33.8 Å². The van der Waals surface area contributed by atoms with Crippen molar-refractivity contribution < 1.29 is 9.59 Å². The Bertz CT molecular complexity index is 557. The van der Waals surface area contributed by atoms with Gasteiger partial charge in [0, 0.05) is 28.9 Å². The first-order chi connectivity index (χ1) is 9.93. The van der Waals surface area contributed by atoms with E-state index in [9.17, 15) is 9.59 Å². The number of hydrogen-bond acceptors (Lipinski definition) is 2. The predicted octanol–water partition coefficient (Wildman–Crippen LogP) is 2.67. The summed E-state index contributed by atoms with van der Waals surface area (Å²) in [7, 11) is 0. The number of carbonyl (C=O) groups excluding carboxylic acids is 2. The highest BCUT2D eigenvalue weighted by atomic mass is 35.5. The molecular weight excluding hydrogens is 311 g/mol. The Morgan fingerprint density at radius 3 is 2.48 bits per heavy atom. The highest BCUT2D eigenvalue weighted by molar-refractivity contribution is 6.35. The SMILES string of the molecule is CC(=O)NCC(=O)NCC1(c2ccc(Cl)cc2Cl)CCC1. The number of hydrogen-bond donors (Lipinski definition) is 2. The second-order valence-corrected chi connectivity index (χ2v) is 6.29. The molecule has 114 valence electrons. The molecule has 0 aliphatic heterocycles. The normalized spacial score (nSPS) is 16.0. The lowest BCUT2D eigenvalue weighted by molar-refractivity contribution is -0.125. The topological polar surface area (TPSA) is 58.2 Å². The molecule has 1 aliphatic carbocycles. The van der Waals surface area contributed by atoms with E-state index in [1.807, 2.05) is 12.1 Å². The maximum Gasteiger partial charge on any atom is 0.239 e. The van der Waals surface area contributed by atoms with Gasteiger partial charge in [0.2, 0.25) is 11.8 Å². The Balaban J connectivity index is 2.01. The van der Waals surface area contributed by atoms with Gasteiger partial charge in [-0.2, -0.15) is 0 Å². The highest BCUT2D eigenvalue weighted by Gasteiger charge is 2.40. The van der Waals surface area contributed by atoms with Gasteiger partial charge < -0.3 is 10.6 Å². The van der Waals surface area contributed by atoms with Crippen LogP contribution in [0, 0.1) is 0 Å². The van der Waals surface area contributed by atoms with Gasteiger partial charge in [0.15, 0.2) is 0 Å². The zero-order valence-corrected chi connectivity index (χ0v) is 13.4. The van der Waals surface area contributed by atoms with E-state index in [0.29, 0.717) is 16.6 Å². The molecule has 1 fully saturated rings. The first kappa shape index (κ1) is 16.1. The van der Waals surface area contributed by atoms with Crippen molar-refractivity contribution in [1.29, 1.82) is 0 Å². The standard InChI is InChI=1S/C15H18Cl2N2O2/c1-10(20)18-8-14(21)19-9-15(5-2-6-15)12-4-3-11(16)7-13(12)17/h3-4,7H,2,5-6,8-9H2,1H3,(H,18,20)(H,19,21). The van der Waals surface area contributed by atoms with Gasteiger partial charge in [-0.15, -0.1) is 0 Å². The molecule has 1 saturated carbocycles. The van der Waals surface area contributed by atoms with Gasteiger partial charge in [-0.3, -0.25) is 9.59 Å². The Labute approximate surface area is 134 Å². The smallest absolute Gasteiger partial charge is 0.239 e. The molecule has 4 nitrogen and oxygen atoms in total. The van der Waals surface area contributed by atoms with Crippen molar-refractivity contribution >= 4 is 35.0 Å². The number of halogens is 2. The Morgan fingerprint density at radius 1 is 1.24 bits per heavy atom. The molecule has 0 bridgehead atoms. The summed E-state index contributed by atoms with van der Waals surface area (Å²) in [5, 5.41) is 6.60. The van der Waals surface area contributed by atoms with Crippen LogP contribution in [0.25, 0.3) is 0 Å².